The molecule has 0 saturated heterocycles. The van der Waals surface area contributed by atoms with Crippen LogP contribution in [0.15, 0.2) is 0 Å². The summed E-state index contributed by atoms with van der Waals surface area (Å²) in [5.41, 5.74) is 0. The predicted molar refractivity (Wildman–Crippen MR) is 52.4 cm³/mol. The molecule has 12 heavy (non-hydrogen) atoms. The third kappa shape index (κ3) is 4.56. The Morgan fingerprint density at radius 3 is 2.17 bits per heavy atom. The Hall–Kier alpha value is -0.290. The van der Waals surface area contributed by atoms with Gasteiger partial charge < -0.3 is 9.05 Å². The molecular weight excluding hydrogens is 173 g/mol. The van der Waals surface area contributed by atoms with Crippen LogP contribution in [0.2, 0.25) is 0 Å². The van der Waals surface area contributed by atoms with E-state index in [9.17, 15) is 0 Å². The monoisotopic (exact) mass is 189 g/mol. The minimum atomic E-state index is -1.96. The van der Waals surface area contributed by atoms with Gasteiger partial charge in [0.2, 0.25) is 0 Å². The van der Waals surface area contributed by atoms with Crippen molar-refractivity contribution in [3.8, 4) is 6.07 Å². The predicted octanol–water partition coefficient (Wildman–Crippen LogP) is 2.25. The van der Waals surface area contributed by atoms with E-state index in [0.717, 1.165) is 0 Å². The van der Waals surface area contributed by atoms with Crippen LogP contribution < -0.4 is 0 Å². The quantitative estimate of drug-likeness (QED) is 0.602. The summed E-state index contributed by atoms with van der Waals surface area (Å²) in [7, 11) is -1.96. The Labute approximate surface area is 74.4 Å². The van der Waals surface area contributed by atoms with Crippen molar-refractivity contribution in [2.75, 3.05) is 19.4 Å². The Balaban J connectivity index is 4.01. The normalized spacial score (nSPS) is 11.1. The summed E-state index contributed by atoms with van der Waals surface area (Å²) in [4.78, 5) is 0. The minimum Gasteiger partial charge on any atom is -0.338 e. The molecule has 0 aliphatic rings. The lowest BCUT2D eigenvalue weighted by Gasteiger charge is -2.22. The molecule has 0 atom stereocenters. The lowest BCUT2D eigenvalue weighted by molar-refractivity contribution is 0.265. The highest BCUT2D eigenvalue weighted by Gasteiger charge is 2.13. The Kier molecular flexibility index (Phi) is 6.10. The molecule has 0 aliphatic heterocycles. The van der Waals surface area contributed by atoms with E-state index in [-0.39, 0.29) is 0 Å². The van der Waals surface area contributed by atoms with Crippen LogP contribution in [0.25, 0.3) is 0 Å². The van der Waals surface area contributed by atoms with Crippen LogP contribution in [-0.4, -0.2) is 25.7 Å². The number of nitriles is 1. The van der Waals surface area contributed by atoms with Gasteiger partial charge >= 0.3 is 0 Å². The molecule has 0 spiro atoms. The van der Waals surface area contributed by atoms with Crippen molar-refractivity contribution in [2.45, 2.75) is 20.3 Å². The maximum atomic E-state index is 8.39. The molecule has 4 heteroatoms. The summed E-state index contributed by atoms with van der Waals surface area (Å²) in [6.07, 6.45) is 4.99. The minimum absolute atomic E-state index is 0.456. The van der Waals surface area contributed by atoms with Crippen molar-refractivity contribution in [2.24, 2.45) is 0 Å². The number of hydrogen-bond donors (Lipinski definition) is 0. The molecule has 0 fully saturated rings. The first-order chi connectivity index (χ1) is 5.68. The number of nitrogens with zero attached hydrogens (tertiary/aromatic N) is 1. The van der Waals surface area contributed by atoms with Crippen LogP contribution in [0.5, 0.6) is 0 Å². The van der Waals surface area contributed by atoms with Gasteiger partial charge in [0, 0.05) is 12.6 Å². The van der Waals surface area contributed by atoms with Crippen LogP contribution in [0.1, 0.15) is 20.3 Å². The summed E-state index contributed by atoms with van der Waals surface area (Å²) in [5.74, 6) is 0. The molecule has 0 bridgehead atoms. The molecule has 0 N–H and O–H groups in total. The Morgan fingerprint density at radius 2 is 1.83 bits per heavy atom. The van der Waals surface area contributed by atoms with Gasteiger partial charge in [0.1, 0.15) is 7.34 Å². The summed E-state index contributed by atoms with van der Waals surface area (Å²) < 4.78 is 10.8. The van der Waals surface area contributed by atoms with E-state index in [4.69, 9.17) is 14.3 Å². The van der Waals surface area contributed by atoms with E-state index in [1.807, 2.05) is 13.8 Å². The molecule has 0 aliphatic carbocycles. The third-order valence-corrected chi connectivity index (χ3v) is 3.66. The molecule has 0 unspecified atom stereocenters. The van der Waals surface area contributed by atoms with Crippen molar-refractivity contribution < 1.29 is 9.05 Å². The van der Waals surface area contributed by atoms with Crippen molar-refractivity contribution in [1.82, 2.24) is 0 Å². The maximum absolute atomic E-state index is 8.39. The van der Waals surface area contributed by atoms with Crippen molar-refractivity contribution in [3.63, 3.8) is 0 Å². The van der Waals surface area contributed by atoms with E-state index in [2.05, 4.69) is 12.4 Å². The molecule has 0 radical (unpaired) electrons. The van der Waals surface area contributed by atoms with Crippen LogP contribution in [0.4, 0.5) is 0 Å². The molecule has 0 amide bonds. The number of rotatable bonds is 6. The lowest BCUT2D eigenvalue weighted by atomic mass is 10.6. The Morgan fingerprint density at radius 1 is 1.33 bits per heavy atom. The zero-order valence-corrected chi connectivity index (χ0v) is 8.64. The van der Waals surface area contributed by atoms with Crippen molar-refractivity contribution in [3.05, 3.63) is 0 Å². The van der Waals surface area contributed by atoms with E-state index in [1.165, 1.54) is 0 Å². The SMILES string of the molecule is C=P(CCC#N)(OCC)OCC. The first-order valence-electron chi connectivity index (χ1n) is 4.07. The van der Waals surface area contributed by atoms with Crippen molar-refractivity contribution >= 4 is 13.6 Å². The third-order valence-electron chi connectivity index (χ3n) is 1.29. The highest BCUT2D eigenvalue weighted by molar-refractivity contribution is 7.64. The molecule has 0 aromatic rings. The van der Waals surface area contributed by atoms with Gasteiger partial charge in [0.15, 0.2) is 0 Å². The van der Waals surface area contributed by atoms with Crippen LogP contribution in [0, 0.1) is 11.3 Å². The standard InChI is InChI=1S/C8H16NO2P/c1-4-10-12(3,11-5-2)8-6-7-9/h3-6,8H2,1-2H3. The number of hydrogen-bond acceptors (Lipinski definition) is 3. The van der Waals surface area contributed by atoms with Gasteiger partial charge in [-0.15, -0.1) is 0 Å². The molecule has 3 nitrogen and oxygen atoms in total. The summed E-state index contributed by atoms with van der Waals surface area (Å²) in [6.45, 7) is 5.02. The fourth-order valence-electron chi connectivity index (χ4n) is 0.857. The summed E-state index contributed by atoms with van der Waals surface area (Å²) in [5, 5.41) is 8.39. The van der Waals surface area contributed by atoms with E-state index in [0.29, 0.717) is 25.8 Å². The van der Waals surface area contributed by atoms with Gasteiger partial charge in [0.05, 0.1) is 19.3 Å². The second-order valence-electron chi connectivity index (χ2n) is 2.28. The first-order valence-corrected chi connectivity index (χ1v) is 6.06. The van der Waals surface area contributed by atoms with Gasteiger partial charge in [-0.3, -0.25) is 0 Å². The lowest BCUT2D eigenvalue weighted by Crippen LogP contribution is -1.99. The molecule has 70 valence electrons. The highest BCUT2D eigenvalue weighted by atomic mass is 31.2. The van der Waals surface area contributed by atoms with Crippen LogP contribution in [-0.2, 0) is 9.05 Å². The topological polar surface area (TPSA) is 42.2 Å². The molecule has 0 heterocycles. The van der Waals surface area contributed by atoms with Gasteiger partial charge in [-0.25, -0.2) is 0 Å². The van der Waals surface area contributed by atoms with Gasteiger partial charge in [-0.1, -0.05) is 6.30 Å². The smallest absolute Gasteiger partial charge is 0.118 e. The van der Waals surface area contributed by atoms with E-state index in [1.54, 1.807) is 0 Å². The van der Waals surface area contributed by atoms with Crippen LogP contribution in [0.3, 0.4) is 0 Å². The fraction of sp³-hybridized carbons (Fsp3) is 0.750. The van der Waals surface area contributed by atoms with Crippen molar-refractivity contribution in [1.29, 1.82) is 5.26 Å². The largest absolute Gasteiger partial charge is 0.338 e. The molecule has 0 rings (SSSR count). The zero-order valence-electron chi connectivity index (χ0n) is 7.75. The summed E-state index contributed by atoms with van der Waals surface area (Å²) >= 11 is 0. The second-order valence-corrected chi connectivity index (χ2v) is 4.87. The second kappa shape index (κ2) is 6.25. The van der Waals surface area contributed by atoms with Gasteiger partial charge in [0.25, 0.3) is 0 Å². The van der Waals surface area contributed by atoms with Crippen LogP contribution >= 0.6 is 7.34 Å². The molecular formula is C8H16NO2P. The van der Waals surface area contributed by atoms with Gasteiger partial charge in [-0.05, 0) is 13.8 Å². The Bertz CT molecular complexity index is 188. The highest BCUT2D eigenvalue weighted by Crippen LogP contribution is 2.47. The van der Waals surface area contributed by atoms with E-state index < -0.39 is 7.34 Å². The average molecular weight is 189 g/mol. The molecule has 0 saturated carbocycles. The maximum Gasteiger partial charge on any atom is 0.118 e. The average Bonchev–Trinajstić information content (AvgIpc) is 2.02. The zero-order chi connectivity index (χ0) is 9.45. The molecule has 0 aromatic carbocycles. The molecule has 0 aromatic heterocycles. The first kappa shape index (κ1) is 11.7. The summed E-state index contributed by atoms with van der Waals surface area (Å²) in [6, 6.07) is 2.07. The van der Waals surface area contributed by atoms with Gasteiger partial charge in [-0.2, -0.15) is 5.26 Å². The fourth-order valence-corrected chi connectivity index (χ4v) is 2.57. The van der Waals surface area contributed by atoms with E-state index >= 15 is 0 Å².